The van der Waals surface area contributed by atoms with Gasteiger partial charge in [-0.25, -0.2) is 0 Å². The molecule has 0 spiro atoms. The van der Waals surface area contributed by atoms with Gasteiger partial charge in [0.15, 0.2) is 5.82 Å². The molecule has 0 fully saturated rings. The molecule has 0 atom stereocenters. The summed E-state index contributed by atoms with van der Waals surface area (Å²) >= 11 is 3.32. The lowest BCUT2D eigenvalue weighted by atomic mass is 10.1. The second-order valence-electron chi connectivity index (χ2n) is 3.98. The minimum absolute atomic E-state index is 0.110. The van der Waals surface area contributed by atoms with E-state index in [9.17, 15) is 9.90 Å². The highest BCUT2D eigenvalue weighted by molar-refractivity contribution is 9.10. The van der Waals surface area contributed by atoms with Gasteiger partial charge in [0.25, 0.3) is 5.56 Å². The Bertz CT molecular complexity index is 813. The van der Waals surface area contributed by atoms with Crippen molar-refractivity contribution in [2.75, 3.05) is 0 Å². The lowest BCUT2D eigenvalue weighted by Crippen LogP contribution is -2.12. The molecule has 0 amide bonds. The molecule has 0 bridgehead atoms. The lowest BCUT2D eigenvalue weighted by Gasteiger charge is -2.05. The summed E-state index contributed by atoms with van der Waals surface area (Å²) in [7, 11) is 0. The van der Waals surface area contributed by atoms with Crippen LogP contribution >= 0.6 is 15.9 Å². The Hall–Kier alpha value is -2.48. The minimum Gasteiger partial charge on any atom is -0.493 e. The first-order valence-electron chi connectivity index (χ1n) is 5.60. The van der Waals surface area contributed by atoms with Gasteiger partial charge in [0.2, 0.25) is 5.88 Å². The maximum absolute atomic E-state index is 12.1. The summed E-state index contributed by atoms with van der Waals surface area (Å²) < 4.78 is 0.800. The third kappa shape index (κ3) is 2.21. The van der Waals surface area contributed by atoms with Crippen LogP contribution in [-0.2, 0) is 0 Å². The van der Waals surface area contributed by atoms with Gasteiger partial charge in [-0.1, -0.05) is 28.1 Å². The Balaban J connectivity index is 2.17. The van der Waals surface area contributed by atoms with Gasteiger partial charge in [-0.2, -0.15) is 20.4 Å². The van der Waals surface area contributed by atoms with Gasteiger partial charge in [-0.05, 0) is 17.7 Å². The summed E-state index contributed by atoms with van der Waals surface area (Å²) in [4.78, 5) is 18.7. The Kier molecular flexibility index (Phi) is 3.07. The average molecular weight is 334 g/mol. The van der Waals surface area contributed by atoms with Crippen LogP contribution in [0, 0.1) is 0 Å². The molecule has 3 aromatic rings. The standard InChI is InChI=1S/C12H8BrN5O2/c13-7-3-1-2-6(4-7)9-11(19)15-10(16-12(9)20)8-5-14-18-17-8/h1-5H,(H,14,17,18)(H2,15,16,19,20). The largest absolute Gasteiger partial charge is 0.493 e. The van der Waals surface area contributed by atoms with E-state index in [4.69, 9.17) is 0 Å². The zero-order valence-electron chi connectivity index (χ0n) is 9.96. The van der Waals surface area contributed by atoms with Gasteiger partial charge in [0, 0.05) is 4.47 Å². The minimum atomic E-state index is -0.450. The van der Waals surface area contributed by atoms with E-state index in [0.717, 1.165) is 4.47 Å². The smallest absolute Gasteiger partial charge is 0.262 e. The van der Waals surface area contributed by atoms with Crippen molar-refractivity contribution in [1.29, 1.82) is 0 Å². The van der Waals surface area contributed by atoms with Gasteiger partial charge >= 0.3 is 0 Å². The molecule has 100 valence electrons. The lowest BCUT2D eigenvalue weighted by molar-refractivity contribution is 0.454. The zero-order valence-corrected chi connectivity index (χ0v) is 11.5. The first kappa shape index (κ1) is 12.5. The number of nitrogens with one attached hydrogen (secondary N) is 2. The molecule has 7 nitrogen and oxygen atoms in total. The molecule has 8 heteroatoms. The molecule has 0 aliphatic carbocycles. The Morgan fingerprint density at radius 1 is 1.30 bits per heavy atom. The summed E-state index contributed by atoms with van der Waals surface area (Å²) in [5.74, 6) is -0.204. The predicted molar refractivity (Wildman–Crippen MR) is 75.0 cm³/mol. The molecule has 2 heterocycles. The topological polar surface area (TPSA) is 108 Å². The van der Waals surface area contributed by atoms with Crippen LogP contribution in [0.25, 0.3) is 22.6 Å². The van der Waals surface area contributed by atoms with Crippen molar-refractivity contribution in [3.8, 4) is 28.5 Å². The molecule has 2 aromatic heterocycles. The molecule has 0 aliphatic rings. The highest BCUT2D eigenvalue weighted by atomic mass is 79.9. The molecule has 0 aliphatic heterocycles. The molecular formula is C12H8BrN5O2. The van der Waals surface area contributed by atoms with Crippen molar-refractivity contribution in [2.24, 2.45) is 0 Å². The van der Waals surface area contributed by atoms with E-state index in [1.54, 1.807) is 18.2 Å². The molecular weight excluding hydrogens is 326 g/mol. The van der Waals surface area contributed by atoms with Crippen LogP contribution in [0.5, 0.6) is 5.88 Å². The van der Waals surface area contributed by atoms with E-state index < -0.39 is 5.56 Å². The van der Waals surface area contributed by atoms with Gasteiger partial charge in [-0.15, -0.1) is 0 Å². The van der Waals surface area contributed by atoms with Gasteiger partial charge in [0.1, 0.15) is 11.3 Å². The number of nitrogens with zero attached hydrogens (tertiary/aromatic N) is 3. The van der Waals surface area contributed by atoms with Crippen molar-refractivity contribution in [1.82, 2.24) is 25.4 Å². The van der Waals surface area contributed by atoms with E-state index >= 15 is 0 Å². The molecule has 0 radical (unpaired) electrons. The molecule has 1 aromatic carbocycles. The number of halogens is 1. The summed E-state index contributed by atoms with van der Waals surface area (Å²) in [6.45, 7) is 0. The van der Waals surface area contributed by atoms with Crippen molar-refractivity contribution >= 4 is 15.9 Å². The molecule has 20 heavy (non-hydrogen) atoms. The number of hydrogen-bond acceptors (Lipinski definition) is 5. The number of aromatic hydroxyl groups is 1. The number of hydrogen-bond donors (Lipinski definition) is 3. The first-order chi connectivity index (χ1) is 9.65. The number of aromatic nitrogens is 5. The van der Waals surface area contributed by atoms with Crippen LogP contribution in [0.15, 0.2) is 39.7 Å². The fourth-order valence-electron chi connectivity index (χ4n) is 1.80. The third-order valence-corrected chi connectivity index (χ3v) is 3.16. The maximum atomic E-state index is 12.1. The van der Waals surface area contributed by atoms with Crippen LogP contribution < -0.4 is 5.56 Å². The number of aromatic amines is 2. The zero-order chi connectivity index (χ0) is 14.1. The summed E-state index contributed by atoms with van der Waals surface area (Å²) in [6, 6.07) is 7.03. The summed E-state index contributed by atoms with van der Waals surface area (Å²) in [5, 5.41) is 19.8. The van der Waals surface area contributed by atoms with Crippen molar-refractivity contribution < 1.29 is 5.11 Å². The van der Waals surface area contributed by atoms with Crippen LogP contribution in [-0.4, -0.2) is 30.5 Å². The van der Waals surface area contributed by atoms with Crippen LogP contribution in [0.3, 0.4) is 0 Å². The highest BCUT2D eigenvalue weighted by Gasteiger charge is 2.15. The Morgan fingerprint density at radius 3 is 2.80 bits per heavy atom. The normalized spacial score (nSPS) is 10.7. The molecule has 3 rings (SSSR count). The number of H-pyrrole nitrogens is 2. The monoisotopic (exact) mass is 333 g/mol. The molecule has 0 unspecified atom stereocenters. The number of rotatable bonds is 2. The van der Waals surface area contributed by atoms with E-state index in [2.05, 4.69) is 41.3 Å². The fourth-order valence-corrected chi connectivity index (χ4v) is 2.20. The predicted octanol–water partition coefficient (Wildman–Crippen LogP) is 1.69. The van der Waals surface area contributed by atoms with Crippen LogP contribution in [0.4, 0.5) is 0 Å². The van der Waals surface area contributed by atoms with Crippen molar-refractivity contribution in [2.45, 2.75) is 0 Å². The third-order valence-electron chi connectivity index (χ3n) is 2.67. The fraction of sp³-hybridized carbons (Fsp3) is 0. The van der Waals surface area contributed by atoms with Gasteiger partial charge < -0.3 is 10.1 Å². The first-order valence-corrected chi connectivity index (χ1v) is 6.40. The van der Waals surface area contributed by atoms with Crippen LogP contribution in [0.2, 0.25) is 0 Å². The van der Waals surface area contributed by atoms with Gasteiger partial charge in [-0.3, -0.25) is 4.79 Å². The number of benzene rings is 1. The maximum Gasteiger partial charge on any atom is 0.262 e. The van der Waals surface area contributed by atoms with Crippen molar-refractivity contribution in [3.63, 3.8) is 0 Å². The summed E-state index contributed by atoms with van der Waals surface area (Å²) in [5.41, 5.74) is 0.572. The van der Waals surface area contributed by atoms with Gasteiger partial charge in [0.05, 0.1) is 6.20 Å². The Labute approximate surface area is 120 Å². The summed E-state index contributed by atoms with van der Waals surface area (Å²) in [6.07, 6.45) is 1.40. The van der Waals surface area contributed by atoms with Crippen LogP contribution in [0.1, 0.15) is 0 Å². The second-order valence-corrected chi connectivity index (χ2v) is 4.89. The highest BCUT2D eigenvalue weighted by Crippen LogP contribution is 2.26. The second kappa shape index (κ2) is 4.89. The SMILES string of the molecule is O=c1[nH]c(-c2cn[nH]n2)nc(O)c1-c1cccc(Br)c1. The quantitative estimate of drug-likeness (QED) is 0.661. The van der Waals surface area contributed by atoms with E-state index in [0.29, 0.717) is 11.3 Å². The molecule has 0 saturated heterocycles. The Morgan fingerprint density at radius 2 is 2.15 bits per heavy atom. The molecule has 0 saturated carbocycles. The van der Waals surface area contributed by atoms with E-state index in [1.807, 2.05) is 6.07 Å². The average Bonchev–Trinajstić information content (AvgIpc) is 2.91. The van der Waals surface area contributed by atoms with E-state index in [1.165, 1.54) is 6.20 Å². The van der Waals surface area contributed by atoms with E-state index in [-0.39, 0.29) is 17.3 Å². The molecule has 3 N–H and O–H groups in total. The van der Waals surface area contributed by atoms with Crippen molar-refractivity contribution in [3.05, 3.63) is 45.3 Å².